The fraction of sp³-hybridized carbons (Fsp3) is 0.579. The standard InChI is InChI=1S/C19H29ClN4O2S/c1-3-27(26)15-8-6-7-14(13-15)24-19(21-2)23-12-11-22-18(25)16-9-4-5-10-17(16)20/h4-5,9-10,14-15H,3,6-8,11-13H2,1-2H3,(H,22,25)(H2,21,23,24). The van der Waals surface area contributed by atoms with Gasteiger partial charge in [0.15, 0.2) is 5.96 Å². The molecule has 0 aliphatic heterocycles. The number of amides is 1. The van der Waals surface area contributed by atoms with Crippen molar-refractivity contribution in [2.75, 3.05) is 25.9 Å². The predicted molar refractivity (Wildman–Crippen MR) is 113 cm³/mol. The van der Waals surface area contributed by atoms with E-state index >= 15 is 0 Å². The topological polar surface area (TPSA) is 82.6 Å². The fourth-order valence-electron chi connectivity index (χ4n) is 3.24. The molecule has 3 atom stereocenters. The minimum absolute atomic E-state index is 0.192. The van der Waals surface area contributed by atoms with E-state index in [9.17, 15) is 9.00 Å². The smallest absolute Gasteiger partial charge is 0.252 e. The van der Waals surface area contributed by atoms with Gasteiger partial charge >= 0.3 is 0 Å². The fourth-order valence-corrected chi connectivity index (χ4v) is 4.81. The molecular formula is C19H29ClN4O2S. The lowest BCUT2D eigenvalue weighted by atomic mass is 9.95. The van der Waals surface area contributed by atoms with Gasteiger partial charge in [0.25, 0.3) is 5.91 Å². The van der Waals surface area contributed by atoms with Crippen LogP contribution in [-0.4, -0.2) is 53.3 Å². The summed E-state index contributed by atoms with van der Waals surface area (Å²) < 4.78 is 12.1. The summed E-state index contributed by atoms with van der Waals surface area (Å²) in [5.74, 6) is 1.23. The van der Waals surface area contributed by atoms with E-state index in [0.29, 0.717) is 29.6 Å². The van der Waals surface area contributed by atoms with Gasteiger partial charge in [-0.3, -0.25) is 14.0 Å². The van der Waals surface area contributed by atoms with Crippen LogP contribution in [0.3, 0.4) is 0 Å². The highest BCUT2D eigenvalue weighted by Crippen LogP contribution is 2.22. The van der Waals surface area contributed by atoms with Gasteiger partial charge in [0.1, 0.15) is 0 Å². The number of benzene rings is 1. The van der Waals surface area contributed by atoms with Crippen molar-refractivity contribution < 1.29 is 9.00 Å². The maximum Gasteiger partial charge on any atom is 0.252 e. The molecule has 1 aromatic rings. The molecule has 1 saturated carbocycles. The Kier molecular flexibility index (Phi) is 9.07. The molecule has 1 amide bonds. The molecule has 2 rings (SSSR count). The van der Waals surface area contributed by atoms with Crippen molar-refractivity contribution in [1.29, 1.82) is 0 Å². The first-order chi connectivity index (χ1) is 13.0. The molecule has 0 aromatic heterocycles. The molecular weight excluding hydrogens is 384 g/mol. The third-order valence-corrected chi connectivity index (χ3v) is 6.74. The molecule has 0 bridgehead atoms. The molecule has 0 saturated heterocycles. The first-order valence-corrected chi connectivity index (χ1v) is 11.2. The van der Waals surface area contributed by atoms with Crippen LogP contribution in [0.1, 0.15) is 43.0 Å². The van der Waals surface area contributed by atoms with E-state index in [1.165, 1.54) is 0 Å². The van der Waals surface area contributed by atoms with E-state index in [4.69, 9.17) is 11.6 Å². The number of hydrogen-bond donors (Lipinski definition) is 3. The third kappa shape index (κ3) is 6.81. The summed E-state index contributed by atoms with van der Waals surface area (Å²) in [5, 5.41) is 10.2. The number of carbonyl (C=O) groups is 1. The number of rotatable bonds is 7. The number of hydrogen-bond acceptors (Lipinski definition) is 3. The molecule has 150 valence electrons. The van der Waals surface area contributed by atoms with Crippen LogP contribution in [0.15, 0.2) is 29.3 Å². The zero-order valence-electron chi connectivity index (χ0n) is 16.0. The van der Waals surface area contributed by atoms with Gasteiger partial charge in [-0.25, -0.2) is 0 Å². The first-order valence-electron chi connectivity index (χ1n) is 9.42. The minimum Gasteiger partial charge on any atom is -0.355 e. The molecule has 1 aliphatic carbocycles. The molecule has 0 spiro atoms. The van der Waals surface area contributed by atoms with Gasteiger partial charge in [0.2, 0.25) is 0 Å². The van der Waals surface area contributed by atoms with Gasteiger partial charge in [-0.1, -0.05) is 37.1 Å². The average molecular weight is 413 g/mol. The molecule has 1 fully saturated rings. The van der Waals surface area contributed by atoms with Gasteiger partial charge in [0.05, 0.1) is 10.6 Å². The minimum atomic E-state index is -0.742. The van der Waals surface area contributed by atoms with Gasteiger partial charge in [-0.2, -0.15) is 0 Å². The molecule has 0 heterocycles. The lowest BCUT2D eigenvalue weighted by molar-refractivity contribution is 0.0954. The summed E-state index contributed by atoms with van der Waals surface area (Å²) in [6.45, 7) is 2.98. The SMILES string of the molecule is CCS(=O)C1CCCC(NC(=NC)NCCNC(=O)c2ccccc2Cl)C1. The lowest BCUT2D eigenvalue weighted by Gasteiger charge is -2.30. The van der Waals surface area contributed by atoms with E-state index in [1.54, 1.807) is 31.3 Å². The highest BCUT2D eigenvalue weighted by molar-refractivity contribution is 7.85. The third-order valence-electron chi connectivity index (χ3n) is 4.67. The van der Waals surface area contributed by atoms with Crippen LogP contribution in [0, 0.1) is 0 Å². The second-order valence-electron chi connectivity index (χ2n) is 6.53. The van der Waals surface area contributed by atoms with Crippen LogP contribution in [0.25, 0.3) is 0 Å². The van der Waals surface area contributed by atoms with Gasteiger partial charge < -0.3 is 16.0 Å². The molecule has 0 radical (unpaired) electrons. The lowest BCUT2D eigenvalue weighted by Crippen LogP contribution is -2.48. The number of carbonyl (C=O) groups excluding carboxylic acids is 1. The average Bonchev–Trinajstić information content (AvgIpc) is 2.70. The van der Waals surface area contributed by atoms with E-state index < -0.39 is 10.8 Å². The van der Waals surface area contributed by atoms with E-state index in [0.717, 1.165) is 31.4 Å². The summed E-state index contributed by atoms with van der Waals surface area (Å²) in [5.41, 5.74) is 0.471. The zero-order valence-corrected chi connectivity index (χ0v) is 17.5. The molecule has 3 N–H and O–H groups in total. The van der Waals surface area contributed by atoms with Crippen molar-refractivity contribution in [3.63, 3.8) is 0 Å². The van der Waals surface area contributed by atoms with Crippen LogP contribution in [-0.2, 0) is 10.8 Å². The largest absolute Gasteiger partial charge is 0.355 e. The predicted octanol–water partition coefficient (Wildman–Crippen LogP) is 2.31. The van der Waals surface area contributed by atoms with Gasteiger partial charge in [-0.15, -0.1) is 0 Å². The maximum absolute atomic E-state index is 12.1. The summed E-state index contributed by atoms with van der Waals surface area (Å²) in [4.78, 5) is 16.4. The van der Waals surface area contributed by atoms with Crippen LogP contribution in [0.5, 0.6) is 0 Å². The Morgan fingerprint density at radius 3 is 2.70 bits per heavy atom. The van der Waals surface area contributed by atoms with Crippen LogP contribution in [0.2, 0.25) is 5.02 Å². The Morgan fingerprint density at radius 1 is 1.26 bits per heavy atom. The van der Waals surface area contributed by atoms with Crippen LogP contribution in [0.4, 0.5) is 0 Å². The number of halogens is 1. The first kappa shape index (κ1) is 21.7. The van der Waals surface area contributed by atoms with Crippen LogP contribution < -0.4 is 16.0 Å². The number of guanidine groups is 1. The zero-order chi connectivity index (χ0) is 19.6. The molecule has 27 heavy (non-hydrogen) atoms. The monoisotopic (exact) mass is 412 g/mol. The molecule has 6 nitrogen and oxygen atoms in total. The van der Waals surface area contributed by atoms with E-state index in [-0.39, 0.29) is 17.2 Å². The molecule has 1 aliphatic rings. The quantitative estimate of drug-likeness (QED) is 0.364. The summed E-state index contributed by atoms with van der Waals surface area (Å²) in [7, 11) is 0.983. The van der Waals surface area contributed by atoms with Crippen molar-refractivity contribution in [3.05, 3.63) is 34.9 Å². The van der Waals surface area contributed by atoms with Crippen LogP contribution >= 0.6 is 11.6 Å². The second-order valence-corrected chi connectivity index (χ2v) is 8.95. The molecule has 1 aromatic carbocycles. The number of nitrogens with zero attached hydrogens (tertiary/aromatic N) is 1. The Morgan fingerprint density at radius 2 is 2.00 bits per heavy atom. The van der Waals surface area contributed by atoms with Crippen molar-refractivity contribution >= 4 is 34.3 Å². The summed E-state index contributed by atoms with van der Waals surface area (Å²) >= 11 is 6.03. The summed E-state index contributed by atoms with van der Waals surface area (Å²) in [6.07, 6.45) is 4.09. The maximum atomic E-state index is 12.1. The van der Waals surface area contributed by atoms with Crippen molar-refractivity contribution in [2.24, 2.45) is 4.99 Å². The van der Waals surface area contributed by atoms with Crippen molar-refractivity contribution in [1.82, 2.24) is 16.0 Å². The number of aliphatic imine (C=N–C) groups is 1. The van der Waals surface area contributed by atoms with Gasteiger partial charge in [-0.05, 0) is 31.4 Å². The Hall–Kier alpha value is -1.60. The summed E-state index contributed by atoms with van der Waals surface area (Å²) in [6, 6.07) is 7.26. The Bertz CT molecular complexity index is 683. The Balaban J connectivity index is 1.73. The number of nitrogens with one attached hydrogen (secondary N) is 3. The van der Waals surface area contributed by atoms with Gasteiger partial charge in [0, 0.05) is 48.0 Å². The highest BCUT2D eigenvalue weighted by Gasteiger charge is 2.25. The van der Waals surface area contributed by atoms with Crippen molar-refractivity contribution in [2.45, 2.75) is 43.9 Å². The highest BCUT2D eigenvalue weighted by atomic mass is 35.5. The van der Waals surface area contributed by atoms with E-state index in [2.05, 4.69) is 20.9 Å². The molecule has 3 unspecified atom stereocenters. The molecule has 8 heteroatoms. The van der Waals surface area contributed by atoms with Crippen molar-refractivity contribution in [3.8, 4) is 0 Å². The van der Waals surface area contributed by atoms with E-state index in [1.807, 2.05) is 6.92 Å². The second kappa shape index (κ2) is 11.3. The normalized spacial score (nSPS) is 21.4. The Labute approximate surface area is 169 Å².